The van der Waals surface area contributed by atoms with Gasteiger partial charge in [-0.1, -0.05) is 59.1 Å². The number of ketones is 1. The predicted molar refractivity (Wildman–Crippen MR) is 175 cm³/mol. The van der Waals surface area contributed by atoms with Crippen LogP contribution >= 0.6 is 0 Å². The highest BCUT2D eigenvalue weighted by atomic mass is 16.5. The number of rotatable bonds is 20. The van der Waals surface area contributed by atoms with Crippen LogP contribution in [0.5, 0.6) is 5.75 Å². The number of ether oxygens (including phenoxy) is 2. The van der Waals surface area contributed by atoms with Crippen molar-refractivity contribution in [2.45, 2.75) is 79.1 Å². The molecule has 0 spiro atoms. The summed E-state index contributed by atoms with van der Waals surface area (Å²) in [6.45, 7) is 12.0. The number of carbonyl (C=O) groups excluding carboxylic acids is 1. The second kappa shape index (κ2) is 18.4. The standard InChI is InChI=1S/C36H52N2O6/c1-5-9-17-37(18-10-6-2)27-13-15-29(31(25-27)43-23-21-39)33-35(41)34(36(33)42)30-16-14-28(26-32(30)44-24-22-40)38(19-11-7-3)20-12-8-4/h13-16,25-26,39-40H,5-12,17-24H2,1-4H3. The largest absolute Gasteiger partial charge is 0.871 e. The molecule has 0 aliphatic heterocycles. The van der Waals surface area contributed by atoms with E-state index in [2.05, 4.69) is 37.2 Å². The lowest BCUT2D eigenvalue weighted by atomic mass is 9.79. The van der Waals surface area contributed by atoms with Crippen LogP contribution in [0.25, 0.3) is 5.57 Å². The summed E-state index contributed by atoms with van der Waals surface area (Å²) in [7, 11) is 0. The monoisotopic (exact) mass is 608 g/mol. The van der Waals surface area contributed by atoms with Gasteiger partial charge in [-0.2, -0.15) is 0 Å². The molecule has 0 saturated heterocycles. The zero-order valence-electron chi connectivity index (χ0n) is 27.2. The smallest absolute Gasteiger partial charge is 0.203 e. The van der Waals surface area contributed by atoms with Crippen LogP contribution in [0.4, 0.5) is 5.69 Å². The summed E-state index contributed by atoms with van der Waals surface area (Å²) in [5.74, 6) is 0.112. The van der Waals surface area contributed by atoms with Gasteiger partial charge < -0.3 is 29.7 Å². The molecule has 0 amide bonds. The number of hydrogen-bond donors (Lipinski definition) is 2. The third kappa shape index (κ3) is 8.85. The van der Waals surface area contributed by atoms with Gasteiger partial charge >= 0.3 is 0 Å². The van der Waals surface area contributed by atoms with E-state index in [4.69, 9.17) is 9.47 Å². The fourth-order valence-electron chi connectivity index (χ4n) is 5.40. The number of Topliss-reactive ketones (excluding diaryl/α,β-unsaturated/α-hetero) is 1. The molecule has 2 N–H and O–H groups in total. The summed E-state index contributed by atoms with van der Waals surface area (Å²) in [6, 6.07) is 5.62. The number of unbranched alkanes of at least 4 members (excludes halogenated alkanes) is 4. The van der Waals surface area contributed by atoms with E-state index in [0.717, 1.165) is 88.9 Å². The zero-order chi connectivity index (χ0) is 31.9. The highest BCUT2D eigenvalue weighted by Gasteiger charge is 2.35. The Morgan fingerprint density at radius 1 is 0.818 bits per heavy atom. The second-order valence-corrected chi connectivity index (χ2v) is 11.3. The lowest BCUT2D eigenvalue weighted by Crippen LogP contribution is -2.32. The maximum Gasteiger partial charge on any atom is 0.203 e. The highest BCUT2D eigenvalue weighted by molar-refractivity contribution is 6.39. The predicted octanol–water partition coefficient (Wildman–Crippen LogP) is 4.93. The Morgan fingerprint density at radius 2 is 1.43 bits per heavy atom. The Hall–Kier alpha value is -3.36. The average Bonchev–Trinajstić information content (AvgIpc) is 3.04. The molecule has 0 fully saturated rings. The van der Waals surface area contributed by atoms with E-state index in [-0.39, 0.29) is 49.1 Å². The fraction of sp³-hybridized carbons (Fsp3) is 0.556. The maximum absolute atomic E-state index is 13.7. The molecule has 242 valence electrons. The van der Waals surface area contributed by atoms with Crippen LogP contribution in [0, 0.1) is 0 Å². The van der Waals surface area contributed by atoms with E-state index in [1.807, 2.05) is 24.3 Å². The minimum Gasteiger partial charge on any atom is -0.871 e. The number of aliphatic hydroxyl groups excluding tert-OH is 2. The van der Waals surface area contributed by atoms with Crippen LogP contribution in [0.15, 0.2) is 59.1 Å². The van der Waals surface area contributed by atoms with E-state index in [0.29, 0.717) is 22.6 Å². The van der Waals surface area contributed by atoms with Crippen molar-refractivity contribution in [3.63, 3.8) is 0 Å². The number of allylic oxidation sites excluding steroid dienone is 5. The Bertz CT molecular complexity index is 1260. The number of anilines is 1. The second-order valence-electron chi connectivity index (χ2n) is 11.3. The number of carbonyl (C=O) groups is 1. The van der Waals surface area contributed by atoms with Gasteiger partial charge in [0.2, 0.25) is 5.71 Å². The summed E-state index contributed by atoms with van der Waals surface area (Å²) in [4.78, 5) is 16.0. The molecule has 2 aliphatic carbocycles. The molecule has 44 heavy (non-hydrogen) atoms. The van der Waals surface area contributed by atoms with Crippen LogP contribution in [-0.4, -0.2) is 78.9 Å². The molecule has 2 aliphatic rings. The molecule has 0 heterocycles. The van der Waals surface area contributed by atoms with Gasteiger partial charge in [0.15, 0.2) is 5.78 Å². The fourth-order valence-corrected chi connectivity index (χ4v) is 5.40. The molecule has 3 rings (SSSR count). The Morgan fingerprint density at radius 3 is 2.00 bits per heavy atom. The van der Waals surface area contributed by atoms with Crippen LogP contribution in [0.3, 0.4) is 0 Å². The van der Waals surface area contributed by atoms with Gasteiger partial charge in [0.05, 0.1) is 19.3 Å². The van der Waals surface area contributed by atoms with Crippen LogP contribution < -0.4 is 14.7 Å². The van der Waals surface area contributed by atoms with Crippen LogP contribution in [-0.2, 0) is 9.53 Å². The first-order chi connectivity index (χ1) is 21.4. The first-order valence-corrected chi connectivity index (χ1v) is 16.5. The molecule has 0 radical (unpaired) electrons. The molecule has 0 bridgehead atoms. The Balaban J connectivity index is 2.06. The first kappa shape index (κ1) is 35.1. The minimum absolute atomic E-state index is 0.0553. The van der Waals surface area contributed by atoms with Gasteiger partial charge in [-0.25, -0.2) is 4.58 Å². The molecule has 0 aromatic heterocycles. The first-order valence-electron chi connectivity index (χ1n) is 16.5. The van der Waals surface area contributed by atoms with Crippen molar-refractivity contribution >= 4 is 22.8 Å². The summed E-state index contributed by atoms with van der Waals surface area (Å²) in [6.07, 6.45) is 14.2. The van der Waals surface area contributed by atoms with Crippen molar-refractivity contribution < 1.29 is 34.2 Å². The van der Waals surface area contributed by atoms with E-state index < -0.39 is 0 Å². The minimum atomic E-state index is -0.360. The average molecular weight is 609 g/mol. The SMILES string of the molecule is CCCCN(CCCC)c1ccc(C2=C([O-])C(=C3C=CC(=[N+](CCCC)CCCC)C=C3OCCO)C2=O)c(OCCO)c1. The van der Waals surface area contributed by atoms with E-state index in [1.165, 1.54) is 0 Å². The number of hydrogen-bond acceptors (Lipinski definition) is 7. The van der Waals surface area contributed by atoms with Crippen molar-refractivity contribution in [1.82, 2.24) is 0 Å². The van der Waals surface area contributed by atoms with E-state index in [1.54, 1.807) is 12.1 Å². The number of aliphatic hydroxyl groups is 2. The quantitative estimate of drug-likeness (QED) is 0.160. The molecule has 0 unspecified atom stereocenters. The maximum atomic E-state index is 13.7. The van der Waals surface area contributed by atoms with Crippen molar-refractivity contribution in [2.75, 3.05) is 57.5 Å². The van der Waals surface area contributed by atoms with Gasteiger partial charge in [0.25, 0.3) is 0 Å². The Labute approximate surface area is 263 Å². The summed E-state index contributed by atoms with van der Waals surface area (Å²) in [5, 5.41) is 32.7. The van der Waals surface area contributed by atoms with E-state index >= 15 is 0 Å². The van der Waals surface area contributed by atoms with Crippen molar-refractivity contribution in [1.29, 1.82) is 0 Å². The van der Waals surface area contributed by atoms with Crippen LogP contribution in [0.1, 0.15) is 84.6 Å². The summed E-state index contributed by atoms with van der Waals surface area (Å²) >= 11 is 0. The van der Waals surface area contributed by atoms with Crippen molar-refractivity contribution in [3.8, 4) is 5.75 Å². The van der Waals surface area contributed by atoms with Gasteiger partial charge in [-0.15, -0.1) is 0 Å². The zero-order valence-corrected chi connectivity index (χ0v) is 27.2. The summed E-state index contributed by atoms with van der Waals surface area (Å²) in [5.41, 5.74) is 2.98. The van der Waals surface area contributed by atoms with Crippen molar-refractivity contribution in [3.05, 3.63) is 64.7 Å². The lowest BCUT2D eigenvalue weighted by molar-refractivity contribution is -0.527. The van der Waals surface area contributed by atoms with Gasteiger partial charge in [0, 0.05) is 66.0 Å². The van der Waals surface area contributed by atoms with Gasteiger partial charge in [-0.3, -0.25) is 4.79 Å². The third-order valence-electron chi connectivity index (χ3n) is 7.93. The lowest BCUT2D eigenvalue weighted by Gasteiger charge is -2.34. The molecular formula is C36H52N2O6. The normalized spacial score (nSPS) is 16.3. The molecule has 8 heteroatoms. The Kier molecular flexibility index (Phi) is 14.7. The third-order valence-corrected chi connectivity index (χ3v) is 7.93. The number of nitrogens with zero attached hydrogens (tertiary/aromatic N) is 2. The van der Waals surface area contributed by atoms with Gasteiger partial charge in [-0.05, 0) is 31.1 Å². The topological polar surface area (TPSA) is 105 Å². The van der Waals surface area contributed by atoms with Crippen molar-refractivity contribution in [2.24, 2.45) is 0 Å². The molecule has 0 atom stereocenters. The summed E-state index contributed by atoms with van der Waals surface area (Å²) < 4.78 is 14.1. The van der Waals surface area contributed by atoms with E-state index in [9.17, 15) is 20.1 Å². The molecular weight excluding hydrogens is 556 g/mol. The molecule has 1 aromatic carbocycles. The van der Waals surface area contributed by atoms with Crippen LogP contribution in [0.2, 0.25) is 0 Å². The van der Waals surface area contributed by atoms with Gasteiger partial charge in [0.1, 0.15) is 37.8 Å². The molecule has 0 saturated carbocycles. The number of benzene rings is 1. The molecule has 8 nitrogen and oxygen atoms in total. The molecule has 1 aromatic rings. The highest BCUT2D eigenvalue weighted by Crippen LogP contribution is 2.43.